The number of aryl methyl sites for hydroxylation is 1. The van der Waals surface area contributed by atoms with E-state index in [0.717, 1.165) is 11.3 Å². The maximum absolute atomic E-state index is 9.39. The number of fused-ring (bicyclic) bond motifs is 1. The molecule has 0 spiro atoms. The van der Waals surface area contributed by atoms with Crippen LogP contribution < -0.4 is 4.74 Å². The Morgan fingerprint density at radius 1 is 1.24 bits per heavy atom. The van der Waals surface area contributed by atoms with Gasteiger partial charge in [-0.1, -0.05) is 45.2 Å². The molecule has 0 unspecified atom stereocenters. The van der Waals surface area contributed by atoms with Crippen LogP contribution in [0.4, 0.5) is 0 Å². The number of methoxy groups -OCH3 is 1. The van der Waals surface area contributed by atoms with E-state index in [0.29, 0.717) is 48.8 Å². The van der Waals surface area contributed by atoms with Gasteiger partial charge in [-0.2, -0.15) is 5.26 Å². The van der Waals surface area contributed by atoms with Gasteiger partial charge in [0.25, 0.3) is 0 Å². The van der Waals surface area contributed by atoms with Gasteiger partial charge in [-0.3, -0.25) is 4.98 Å². The summed E-state index contributed by atoms with van der Waals surface area (Å²) in [6.45, 7) is 1.88. The fourth-order valence-electron chi connectivity index (χ4n) is 2.62. The Kier molecular flexibility index (Phi) is 5.14. The van der Waals surface area contributed by atoms with E-state index in [4.69, 9.17) is 27.9 Å². The fourth-order valence-corrected chi connectivity index (χ4v) is 3.51. The third kappa shape index (κ3) is 3.06. The number of rotatable bonds is 3. The maximum Gasteiger partial charge on any atom is 0.138 e. The SMILES string of the molecule is COc1cc(C)c(Cl)c(-c2ccc(C#N)c3nc(CBr)cnc23)c1Cl. The van der Waals surface area contributed by atoms with E-state index < -0.39 is 0 Å². The van der Waals surface area contributed by atoms with Crippen molar-refractivity contribution in [3.05, 3.63) is 51.3 Å². The molecule has 0 fully saturated rings. The Hall–Kier alpha value is -1.87. The average molecular weight is 437 g/mol. The highest BCUT2D eigenvalue weighted by atomic mass is 79.9. The number of nitrogens with zero attached hydrogens (tertiary/aromatic N) is 3. The minimum atomic E-state index is 0.399. The molecule has 4 nitrogen and oxygen atoms in total. The minimum Gasteiger partial charge on any atom is -0.495 e. The molecule has 1 aromatic heterocycles. The van der Waals surface area contributed by atoms with Gasteiger partial charge in [-0.05, 0) is 24.6 Å². The van der Waals surface area contributed by atoms with Gasteiger partial charge in [-0.25, -0.2) is 4.98 Å². The molecule has 0 amide bonds. The molecule has 0 aliphatic heterocycles. The molecular formula is C18H12BrCl2N3O. The van der Waals surface area contributed by atoms with Crippen LogP contribution in [0, 0.1) is 18.3 Å². The number of halogens is 3. The van der Waals surface area contributed by atoms with Crippen LogP contribution in [0.5, 0.6) is 5.75 Å². The lowest BCUT2D eigenvalue weighted by atomic mass is 9.99. The molecule has 0 aliphatic carbocycles. The van der Waals surface area contributed by atoms with Crippen molar-refractivity contribution in [1.82, 2.24) is 9.97 Å². The van der Waals surface area contributed by atoms with Gasteiger partial charge in [0.05, 0.1) is 40.1 Å². The average Bonchev–Trinajstić information content (AvgIpc) is 2.64. The van der Waals surface area contributed by atoms with Crippen LogP contribution in [0.25, 0.3) is 22.2 Å². The van der Waals surface area contributed by atoms with Crippen molar-refractivity contribution in [2.75, 3.05) is 7.11 Å². The van der Waals surface area contributed by atoms with Crippen molar-refractivity contribution in [2.24, 2.45) is 0 Å². The van der Waals surface area contributed by atoms with Crippen molar-refractivity contribution in [3.8, 4) is 22.9 Å². The maximum atomic E-state index is 9.39. The molecule has 0 atom stereocenters. The zero-order valence-corrected chi connectivity index (χ0v) is 16.5. The summed E-state index contributed by atoms with van der Waals surface area (Å²) in [4.78, 5) is 9.03. The molecule has 1 heterocycles. The Morgan fingerprint density at radius 2 is 2.00 bits per heavy atom. The molecule has 0 radical (unpaired) electrons. The Labute approximate surface area is 163 Å². The highest BCUT2D eigenvalue weighted by Crippen LogP contribution is 2.44. The molecule has 126 valence electrons. The van der Waals surface area contributed by atoms with Crippen molar-refractivity contribution in [2.45, 2.75) is 12.3 Å². The van der Waals surface area contributed by atoms with Crippen molar-refractivity contribution in [1.29, 1.82) is 5.26 Å². The summed E-state index contributed by atoms with van der Waals surface area (Å²) in [5, 5.41) is 10.9. The molecule has 3 aromatic rings. The fraction of sp³-hybridized carbons (Fsp3) is 0.167. The number of aromatic nitrogens is 2. The van der Waals surface area contributed by atoms with Crippen molar-refractivity contribution in [3.63, 3.8) is 0 Å². The predicted octanol–water partition coefficient (Wildman–Crippen LogP) is 5.69. The predicted molar refractivity (Wildman–Crippen MR) is 104 cm³/mol. The highest BCUT2D eigenvalue weighted by Gasteiger charge is 2.20. The second-order valence-corrected chi connectivity index (χ2v) is 6.68. The standard InChI is InChI=1S/C18H12BrCl2N3O/c1-9-5-13(25-2)16(21)14(15(9)20)12-4-3-10(7-22)17-18(12)23-8-11(6-19)24-17/h3-5,8H,6H2,1-2H3. The third-order valence-corrected chi connectivity index (χ3v) is 5.28. The van der Waals surface area contributed by atoms with Gasteiger partial charge in [0.2, 0.25) is 0 Å². The highest BCUT2D eigenvalue weighted by molar-refractivity contribution is 9.08. The smallest absolute Gasteiger partial charge is 0.138 e. The van der Waals surface area contributed by atoms with E-state index in [9.17, 15) is 5.26 Å². The van der Waals surface area contributed by atoms with Crippen LogP contribution in [0.2, 0.25) is 10.0 Å². The first-order valence-electron chi connectivity index (χ1n) is 7.29. The summed E-state index contributed by atoms with van der Waals surface area (Å²) in [7, 11) is 1.55. The Balaban J connectivity index is 2.42. The van der Waals surface area contributed by atoms with Gasteiger partial charge >= 0.3 is 0 Å². The van der Waals surface area contributed by atoms with Gasteiger partial charge in [-0.15, -0.1) is 0 Å². The third-order valence-electron chi connectivity index (χ3n) is 3.85. The van der Waals surface area contributed by atoms with Gasteiger partial charge in [0.1, 0.15) is 17.3 Å². The first-order valence-corrected chi connectivity index (χ1v) is 9.17. The summed E-state index contributed by atoms with van der Waals surface area (Å²) >= 11 is 16.4. The summed E-state index contributed by atoms with van der Waals surface area (Å²) in [5.41, 5.74) is 4.43. The minimum absolute atomic E-state index is 0.399. The lowest BCUT2D eigenvalue weighted by Crippen LogP contribution is -1.97. The van der Waals surface area contributed by atoms with Crippen LogP contribution in [0.3, 0.4) is 0 Å². The molecule has 3 rings (SSSR count). The number of alkyl halides is 1. The van der Waals surface area contributed by atoms with Crippen LogP contribution in [0.1, 0.15) is 16.8 Å². The quantitative estimate of drug-likeness (QED) is 0.495. The van der Waals surface area contributed by atoms with Gasteiger partial charge in [0.15, 0.2) is 0 Å². The molecule has 25 heavy (non-hydrogen) atoms. The number of nitriles is 1. The summed E-state index contributed by atoms with van der Waals surface area (Å²) in [6, 6.07) is 7.43. The number of ether oxygens (including phenoxy) is 1. The molecule has 0 N–H and O–H groups in total. The van der Waals surface area contributed by atoms with Gasteiger partial charge < -0.3 is 4.74 Å². The van der Waals surface area contributed by atoms with E-state index in [-0.39, 0.29) is 0 Å². The van der Waals surface area contributed by atoms with E-state index >= 15 is 0 Å². The zero-order chi connectivity index (χ0) is 18.1. The second kappa shape index (κ2) is 7.17. The normalized spacial score (nSPS) is 10.7. The molecular weight excluding hydrogens is 425 g/mol. The van der Waals surface area contributed by atoms with Crippen LogP contribution in [-0.4, -0.2) is 17.1 Å². The van der Waals surface area contributed by atoms with Crippen LogP contribution >= 0.6 is 39.1 Å². The summed E-state index contributed by atoms with van der Waals surface area (Å²) < 4.78 is 5.35. The lowest BCUT2D eigenvalue weighted by molar-refractivity contribution is 0.415. The van der Waals surface area contributed by atoms with Crippen molar-refractivity contribution >= 4 is 50.2 Å². The molecule has 0 bridgehead atoms. The van der Waals surface area contributed by atoms with Gasteiger partial charge in [0, 0.05) is 16.5 Å². The van der Waals surface area contributed by atoms with E-state index in [1.807, 2.05) is 6.92 Å². The number of hydrogen-bond donors (Lipinski definition) is 0. The Morgan fingerprint density at radius 3 is 2.64 bits per heavy atom. The van der Waals surface area contributed by atoms with E-state index in [1.54, 1.807) is 31.5 Å². The molecule has 0 saturated heterocycles. The van der Waals surface area contributed by atoms with Crippen LogP contribution in [0.15, 0.2) is 24.4 Å². The first-order chi connectivity index (χ1) is 12.0. The van der Waals surface area contributed by atoms with Crippen molar-refractivity contribution < 1.29 is 4.74 Å². The van der Waals surface area contributed by atoms with E-state index in [1.165, 1.54) is 0 Å². The second-order valence-electron chi connectivity index (χ2n) is 5.36. The monoisotopic (exact) mass is 435 g/mol. The Bertz CT molecular complexity index is 1030. The lowest BCUT2D eigenvalue weighted by Gasteiger charge is -2.15. The summed E-state index contributed by atoms with van der Waals surface area (Å²) in [5.74, 6) is 0.529. The molecule has 7 heteroatoms. The number of hydrogen-bond acceptors (Lipinski definition) is 4. The number of benzene rings is 2. The molecule has 0 saturated carbocycles. The molecule has 2 aromatic carbocycles. The summed E-state index contributed by atoms with van der Waals surface area (Å²) in [6.07, 6.45) is 1.66. The topological polar surface area (TPSA) is 58.8 Å². The largest absolute Gasteiger partial charge is 0.495 e. The molecule has 0 aliphatic rings. The zero-order valence-electron chi connectivity index (χ0n) is 13.4. The first kappa shape index (κ1) is 17.9. The van der Waals surface area contributed by atoms with Crippen LogP contribution in [-0.2, 0) is 5.33 Å². The van der Waals surface area contributed by atoms with E-state index in [2.05, 4.69) is 32.0 Å².